The van der Waals surface area contributed by atoms with Crippen LogP contribution in [0.5, 0.6) is 5.75 Å². The fraction of sp³-hybridized carbons (Fsp3) is 0.192. The Hall–Kier alpha value is -4.31. The molecule has 1 amide bonds. The average Bonchev–Trinajstić information content (AvgIpc) is 3.21. The normalized spacial score (nSPS) is 10.7. The molecule has 9 nitrogen and oxygen atoms in total. The molecule has 36 heavy (non-hydrogen) atoms. The van der Waals surface area contributed by atoms with E-state index in [0.29, 0.717) is 27.4 Å². The van der Waals surface area contributed by atoms with Crippen molar-refractivity contribution in [3.63, 3.8) is 0 Å². The van der Waals surface area contributed by atoms with Gasteiger partial charge in [0.2, 0.25) is 5.91 Å². The van der Waals surface area contributed by atoms with Gasteiger partial charge in [-0.15, -0.1) is 11.3 Å². The van der Waals surface area contributed by atoms with Gasteiger partial charge in [-0.25, -0.2) is 9.78 Å². The fourth-order valence-electron chi connectivity index (χ4n) is 3.51. The zero-order valence-electron chi connectivity index (χ0n) is 19.6. The first kappa shape index (κ1) is 24.8. The number of nitrogens with zero attached hydrogens (tertiary/aromatic N) is 2. The molecule has 1 N–H and O–H groups in total. The van der Waals surface area contributed by atoms with Crippen LogP contribution in [0.1, 0.15) is 32.5 Å². The summed E-state index contributed by atoms with van der Waals surface area (Å²) in [7, 11) is 0. The van der Waals surface area contributed by atoms with Crippen molar-refractivity contribution in [3.05, 3.63) is 87.3 Å². The summed E-state index contributed by atoms with van der Waals surface area (Å²) in [5, 5.41) is 2.94. The van der Waals surface area contributed by atoms with Gasteiger partial charge in [0.25, 0.3) is 5.56 Å². The molecule has 0 aliphatic heterocycles. The highest BCUT2D eigenvalue weighted by atomic mass is 32.1. The predicted octanol–water partition coefficient (Wildman–Crippen LogP) is 3.84. The second-order valence-corrected chi connectivity index (χ2v) is 8.90. The second-order valence-electron chi connectivity index (χ2n) is 7.90. The number of fused-ring (bicyclic) bond motifs is 1. The molecule has 0 bridgehead atoms. The van der Waals surface area contributed by atoms with Crippen LogP contribution in [0, 0.1) is 6.92 Å². The first-order valence-electron chi connectivity index (χ1n) is 11.1. The number of aryl methyl sites for hydroxylation is 1. The first-order chi connectivity index (χ1) is 17.3. The van der Waals surface area contributed by atoms with Crippen LogP contribution in [0.25, 0.3) is 10.2 Å². The van der Waals surface area contributed by atoms with Gasteiger partial charge in [-0.3, -0.25) is 19.0 Å². The van der Waals surface area contributed by atoms with E-state index in [1.54, 1.807) is 43.3 Å². The molecule has 0 saturated carbocycles. The minimum atomic E-state index is -0.568. The van der Waals surface area contributed by atoms with E-state index in [1.807, 2.05) is 18.2 Å². The van der Waals surface area contributed by atoms with Crippen LogP contribution in [0.4, 0.5) is 5.69 Å². The molecule has 2 aromatic heterocycles. The second kappa shape index (κ2) is 11.0. The Labute approximate surface area is 210 Å². The summed E-state index contributed by atoms with van der Waals surface area (Å²) in [5.41, 5.74) is 0.925. The quantitative estimate of drug-likeness (QED) is 0.209. The maximum Gasteiger partial charge on any atom is 0.348 e. The number of esters is 1. The summed E-state index contributed by atoms with van der Waals surface area (Å²) in [5.74, 6) is -0.471. The molecule has 0 atom stereocenters. The number of nitrogens with one attached hydrogen (secondary N) is 1. The van der Waals surface area contributed by atoms with E-state index in [1.165, 1.54) is 17.8 Å². The third-order valence-electron chi connectivity index (χ3n) is 5.30. The highest BCUT2D eigenvalue weighted by Crippen LogP contribution is 2.27. The van der Waals surface area contributed by atoms with Crippen LogP contribution in [0.15, 0.2) is 65.7 Å². The van der Waals surface area contributed by atoms with E-state index in [-0.39, 0.29) is 35.8 Å². The summed E-state index contributed by atoms with van der Waals surface area (Å²) in [4.78, 5) is 54.7. The predicted molar refractivity (Wildman–Crippen MR) is 136 cm³/mol. The molecule has 2 aromatic carbocycles. The number of rotatable bonds is 9. The van der Waals surface area contributed by atoms with E-state index in [0.717, 1.165) is 11.3 Å². The van der Waals surface area contributed by atoms with Crippen LogP contribution in [-0.4, -0.2) is 40.4 Å². The molecule has 0 radical (unpaired) electrons. The van der Waals surface area contributed by atoms with Gasteiger partial charge in [0.15, 0.2) is 5.78 Å². The van der Waals surface area contributed by atoms with Crippen LogP contribution < -0.4 is 15.6 Å². The summed E-state index contributed by atoms with van der Waals surface area (Å²) in [6, 6.07) is 15.7. The highest BCUT2D eigenvalue weighted by Gasteiger charge is 2.21. The molecule has 2 heterocycles. The van der Waals surface area contributed by atoms with Gasteiger partial charge >= 0.3 is 5.97 Å². The van der Waals surface area contributed by atoms with Crippen molar-refractivity contribution in [1.82, 2.24) is 9.55 Å². The number of thiophene rings is 1. The molecular formula is C26H23N3O6S. The van der Waals surface area contributed by atoms with Gasteiger partial charge in [0, 0.05) is 11.3 Å². The van der Waals surface area contributed by atoms with E-state index < -0.39 is 17.4 Å². The van der Waals surface area contributed by atoms with Gasteiger partial charge in [0.1, 0.15) is 35.2 Å². The Kier molecular flexibility index (Phi) is 7.55. The zero-order chi connectivity index (χ0) is 25.7. The molecule has 0 aliphatic carbocycles. The molecule has 0 saturated heterocycles. The lowest BCUT2D eigenvalue weighted by Crippen LogP contribution is -2.28. The topological polar surface area (TPSA) is 117 Å². The number of benzene rings is 2. The number of ketones is 1. The summed E-state index contributed by atoms with van der Waals surface area (Å²) in [6.07, 6.45) is 1.27. The molecule has 0 unspecified atom stereocenters. The van der Waals surface area contributed by atoms with Crippen molar-refractivity contribution >= 4 is 44.9 Å². The Morgan fingerprint density at radius 3 is 2.58 bits per heavy atom. The van der Waals surface area contributed by atoms with Crippen LogP contribution in [0.3, 0.4) is 0 Å². The largest absolute Gasteiger partial charge is 0.490 e. The molecule has 4 aromatic rings. The van der Waals surface area contributed by atoms with Gasteiger partial charge in [0.05, 0.1) is 11.7 Å². The maximum absolute atomic E-state index is 13.1. The van der Waals surface area contributed by atoms with Crippen molar-refractivity contribution in [2.75, 3.05) is 18.5 Å². The number of hydrogen-bond acceptors (Lipinski definition) is 8. The number of para-hydroxylation sites is 1. The lowest BCUT2D eigenvalue weighted by atomic mass is 10.1. The fourth-order valence-corrected chi connectivity index (χ4v) is 4.55. The van der Waals surface area contributed by atoms with Crippen LogP contribution in [-0.2, 0) is 16.1 Å². The monoisotopic (exact) mass is 505 g/mol. The van der Waals surface area contributed by atoms with Crippen molar-refractivity contribution < 1.29 is 23.9 Å². The number of amides is 1. The molecular weight excluding hydrogens is 482 g/mol. The number of carbonyl (C=O) groups excluding carboxylic acids is 3. The molecule has 4 rings (SSSR count). The zero-order valence-corrected chi connectivity index (χ0v) is 20.5. The standard InChI is InChI=1S/C26H23N3O6S/c1-16-22-24(36-23(16)26(33)35-12-11-34-20-9-4-3-5-10-20)27-15-29(25(22)32)14-21(31)28-19-8-6-7-18(13-19)17(2)30/h3-10,13,15H,11-12,14H2,1-2H3,(H,28,31). The van der Waals surface area contributed by atoms with Crippen LogP contribution in [0.2, 0.25) is 0 Å². The third-order valence-corrected chi connectivity index (χ3v) is 6.48. The van der Waals surface area contributed by atoms with E-state index in [2.05, 4.69) is 10.3 Å². The van der Waals surface area contributed by atoms with E-state index >= 15 is 0 Å². The summed E-state index contributed by atoms with van der Waals surface area (Å²) < 4.78 is 12.0. The van der Waals surface area contributed by atoms with Crippen LogP contribution >= 0.6 is 11.3 Å². The van der Waals surface area contributed by atoms with Crippen molar-refractivity contribution in [2.24, 2.45) is 0 Å². The number of anilines is 1. The van der Waals surface area contributed by atoms with E-state index in [4.69, 9.17) is 9.47 Å². The smallest absolute Gasteiger partial charge is 0.348 e. The minimum absolute atomic E-state index is 0.0457. The lowest BCUT2D eigenvalue weighted by Gasteiger charge is -2.08. The number of carbonyl (C=O) groups is 3. The van der Waals surface area contributed by atoms with Gasteiger partial charge in [-0.1, -0.05) is 30.3 Å². The third kappa shape index (κ3) is 5.66. The number of aromatic nitrogens is 2. The number of hydrogen-bond donors (Lipinski definition) is 1. The molecule has 0 spiro atoms. The average molecular weight is 506 g/mol. The van der Waals surface area contributed by atoms with Gasteiger partial charge < -0.3 is 14.8 Å². The number of Topliss-reactive ketones (excluding diaryl/α,β-unsaturated/α-hetero) is 1. The lowest BCUT2D eigenvalue weighted by molar-refractivity contribution is -0.116. The Morgan fingerprint density at radius 2 is 1.83 bits per heavy atom. The summed E-state index contributed by atoms with van der Waals surface area (Å²) in [6.45, 7) is 3.04. The molecule has 0 fully saturated rings. The van der Waals surface area contributed by atoms with Gasteiger partial charge in [-0.05, 0) is 43.7 Å². The molecule has 10 heteroatoms. The van der Waals surface area contributed by atoms with Crippen molar-refractivity contribution in [3.8, 4) is 5.75 Å². The molecule has 0 aliphatic rings. The Morgan fingerprint density at radius 1 is 1.06 bits per heavy atom. The Bertz CT molecular complexity index is 1490. The first-order valence-corrected chi connectivity index (χ1v) is 11.9. The minimum Gasteiger partial charge on any atom is -0.490 e. The molecule has 184 valence electrons. The SMILES string of the molecule is CC(=O)c1cccc(NC(=O)Cn2cnc3sc(C(=O)OCCOc4ccccc4)c(C)c3c2=O)c1. The number of ether oxygens (including phenoxy) is 2. The Balaban J connectivity index is 1.43. The maximum atomic E-state index is 13.1. The van der Waals surface area contributed by atoms with Crippen molar-refractivity contribution in [2.45, 2.75) is 20.4 Å². The summed E-state index contributed by atoms with van der Waals surface area (Å²) >= 11 is 1.06. The van der Waals surface area contributed by atoms with Gasteiger partial charge in [-0.2, -0.15) is 0 Å². The highest BCUT2D eigenvalue weighted by molar-refractivity contribution is 7.20. The van der Waals surface area contributed by atoms with E-state index in [9.17, 15) is 19.2 Å². The van der Waals surface area contributed by atoms with Crippen molar-refractivity contribution in [1.29, 1.82) is 0 Å².